The second kappa shape index (κ2) is 10.7. The normalized spacial score (nSPS) is 12.3. The third-order valence-corrected chi connectivity index (χ3v) is 2.85. The van der Waals surface area contributed by atoms with Crippen molar-refractivity contribution in [3.8, 4) is 0 Å². The number of nitrogens with zero attached hydrogens (tertiary/aromatic N) is 3. The fraction of sp³-hybridized carbons (Fsp3) is 0.667. The molecule has 23 heavy (non-hydrogen) atoms. The number of hydrogen-bond acceptors (Lipinski definition) is 4. The van der Waals surface area contributed by atoms with Gasteiger partial charge in [-0.05, 0) is 14.1 Å². The van der Waals surface area contributed by atoms with Gasteiger partial charge in [0, 0.05) is 31.9 Å². The number of carbonyl (C=O) groups is 1. The molecule has 1 aromatic heterocycles. The van der Waals surface area contributed by atoms with Crippen LogP contribution in [0.5, 0.6) is 0 Å². The Kier molecular flexibility index (Phi) is 11.3. The van der Waals surface area contributed by atoms with Crippen molar-refractivity contribution in [2.75, 3.05) is 33.7 Å². The van der Waals surface area contributed by atoms with Gasteiger partial charge in [-0.15, -0.1) is 24.8 Å². The SMILES string of the molecule is CNC(C(=O)NCCN(C)CC(F)(F)F)c1cnn(C)c1.Cl.Cl. The van der Waals surface area contributed by atoms with E-state index in [1.54, 1.807) is 31.2 Å². The van der Waals surface area contributed by atoms with E-state index in [0.717, 1.165) is 4.90 Å². The van der Waals surface area contributed by atoms with Gasteiger partial charge < -0.3 is 10.6 Å². The molecule has 11 heteroatoms. The quantitative estimate of drug-likeness (QED) is 0.745. The summed E-state index contributed by atoms with van der Waals surface area (Å²) in [6.07, 6.45) is -0.963. The number of halogens is 5. The largest absolute Gasteiger partial charge is 0.401 e. The van der Waals surface area contributed by atoms with Crippen LogP contribution in [0.15, 0.2) is 12.4 Å². The molecule has 0 fully saturated rings. The zero-order valence-corrected chi connectivity index (χ0v) is 14.7. The summed E-state index contributed by atoms with van der Waals surface area (Å²) in [4.78, 5) is 13.1. The summed E-state index contributed by atoms with van der Waals surface area (Å²) < 4.78 is 38.0. The van der Waals surface area contributed by atoms with Gasteiger partial charge in [0.25, 0.3) is 0 Å². The minimum atomic E-state index is -4.23. The summed E-state index contributed by atoms with van der Waals surface area (Å²) in [5.74, 6) is -0.300. The summed E-state index contributed by atoms with van der Waals surface area (Å²) in [5.41, 5.74) is 0.696. The standard InChI is InChI=1S/C12H20F3N5O.2ClH/c1-16-10(9-6-18-20(3)7-9)11(21)17-4-5-19(2)8-12(13,14)15;;/h6-7,10,16H,4-5,8H2,1-3H3,(H,17,21);2*1H. The van der Waals surface area contributed by atoms with E-state index in [9.17, 15) is 18.0 Å². The van der Waals surface area contributed by atoms with Crippen LogP contribution in [0.25, 0.3) is 0 Å². The maximum atomic E-state index is 12.2. The highest BCUT2D eigenvalue weighted by atomic mass is 35.5. The molecule has 1 aromatic rings. The molecular weight excluding hydrogens is 358 g/mol. The molecule has 0 aliphatic rings. The van der Waals surface area contributed by atoms with Crippen LogP contribution in [0.1, 0.15) is 11.6 Å². The third kappa shape index (κ3) is 8.99. The molecular formula is C12H22Cl2F3N5O. The van der Waals surface area contributed by atoms with Crippen LogP contribution >= 0.6 is 24.8 Å². The highest BCUT2D eigenvalue weighted by Crippen LogP contribution is 2.15. The van der Waals surface area contributed by atoms with Crippen LogP contribution in [-0.2, 0) is 11.8 Å². The predicted octanol–water partition coefficient (Wildman–Crippen LogP) is 1.13. The molecule has 0 spiro atoms. The minimum absolute atomic E-state index is 0. The monoisotopic (exact) mass is 379 g/mol. The highest BCUT2D eigenvalue weighted by molar-refractivity contribution is 5.85. The highest BCUT2D eigenvalue weighted by Gasteiger charge is 2.29. The fourth-order valence-electron chi connectivity index (χ4n) is 1.90. The van der Waals surface area contributed by atoms with Gasteiger partial charge in [-0.25, -0.2) is 0 Å². The Morgan fingerprint density at radius 1 is 1.43 bits per heavy atom. The molecule has 1 amide bonds. The first kappa shape index (κ1) is 24.2. The van der Waals surface area contributed by atoms with Gasteiger partial charge in [-0.2, -0.15) is 18.3 Å². The lowest BCUT2D eigenvalue weighted by Crippen LogP contribution is -2.41. The number of hydrogen-bond donors (Lipinski definition) is 2. The Labute approximate surface area is 145 Å². The van der Waals surface area contributed by atoms with Crippen molar-refractivity contribution < 1.29 is 18.0 Å². The van der Waals surface area contributed by atoms with E-state index in [4.69, 9.17) is 0 Å². The molecule has 0 saturated heterocycles. The maximum absolute atomic E-state index is 12.2. The second-order valence-electron chi connectivity index (χ2n) is 4.81. The molecule has 6 nitrogen and oxygen atoms in total. The molecule has 136 valence electrons. The molecule has 1 rings (SSSR count). The van der Waals surface area contributed by atoms with Gasteiger partial charge in [-0.1, -0.05) is 0 Å². The summed E-state index contributed by atoms with van der Waals surface area (Å²) in [5, 5.41) is 9.44. The first-order valence-electron chi connectivity index (χ1n) is 6.41. The Morgan fingerprint density at radius 2 is 2.04 bits per heavy atom. The van der Waals surface area contributed by atoms with Crippen molar-refractivity contribution in [2.45, 2.75) is 12.2 Å². The van der Waals surface area contributed by atoms with Crippen LogP contribution in [0.2, 0.25) is 0 Å². The smallest absolute Gasteiger partial charge is 0.353 e. The molecule has 0 bridgehead atoms. The average Bonchev–Trinajstić information content (AvgIpc) is 2.74. The molecule has 0 radical (unpaired) electrons. The van der Waals surface area contributed by atoms with E-state index in [1.165, 1.54) is 7.05 Å². The number of aryl methyl sites for hydroxylation is 1. The number of amides is 1. The topological polar surface area (TPSA) is 62.2 Å². The van der Waals surface area contributed by atoms with E-state index >= 15 is 0 Å². The molecule has 1 atom stereocenters. The second-order valence-corrected chi connectivity index (χ2v) is 4.81. The van der Waals surface area contributed by atoms with Gasteiger partial charge in [0.15, 0.2) is 0 Å². The molecule has 0 aliphatic carbocycles. The van der Waals surface area contributed by atoms with Gasteiger partial charge >= 0.3 is 6.18 Å². The van der Waals surface area contributed by atoms with Crippen LogP contribution in [0.4, 0.5) is 13.2 Å². The van der Waals surface area contributed by atoms with Gasteiger partial charge in [0.1, 0.15) is 6.04 Å². The molecule has 0 saturated carbocycles. The van der Waals surface area contributed by atoms with Gasteiger partial charge in [0.05, 0.1) is 12.7 Å². The molecule has 1 unspecified atom stereocenters. The molecule has 1 heterocycles. The average molecular weight is 380 g/mol. The number of likely N-dealkylation sites (N-methyl/N-ethyl adjacent to an activating group) is 2. The Hall–Kier alpha value is -1.03. The first-order valence-corrected chi connectivity index (χ1v) is 6.41. The summed E-state index contributed by atoms with van der Waals surface area (Å²) >= 11 is 0. The van der Waals surface area contributed by atoms with Gasteiger partial charge in [-0.3, -0.25) is 14.4 Å². The van der Waals surface area contributed by atoms with Crippen LogP contribution in [-0.4, -0.2) is 60.5 Å². The lowest BCUT2D eigenvalue weighted by Gasteiger charge is -2.20. The van der Waals surface area contributed by atoms with Crippen molar-refractivity contribution in [1.29, 1.82) is 0 Å². The van der Waals surface area contributed by atoms with Crippen molar-refractivity contribution in [2.24, 2.45) is 7.05 Å². The van der Waals surface area contributed by atoms with E-state index in [2.05, 4.69) is 15.7 Å². The maximum Gasteiger partial charge on any atom is 0.401 e. The van der Waals surface area contributed by atoms with E-state index in [0.29, 0.717) is 5.56 Å². The van der Waals surface area contributed by atoms with Crippen LogP contribution < -0.4 is 10.6 Å². The van der Waals surface area contributed by atoms with Crippen molar-refractivity contribution in [1.82, 2.24) is 25.3 Å². The zero-order chi connectivity index (χ0) is 16.0. The number of nitrogens with one attached hydrogen (secondary N) is 2. The number of rotatable bonds is 7. The Morgan fingerprint density at radius 3 is 2.48 bits per heavy atom. The van der Waals surface area contributed by atoms with Gasteiger partial charge in [0.2, 0.25) is 5.91 Å². The van der Waals surface area contributed by atoms with E-state index in [-0.39, 0.29) is 43.8 Å². The fourth-order valence-corrected chi connectivity index (χ4v) is 1.90. The van der Waals surface area contributed by atoms with Crippen LogP contribution in [0, 0.1) is 0 Å². The molecule has 0 aliphatic heterocycles. The Balaban J connectivity index is 0. The van der Waals surface area contributed by atoms with Crippen LogP contribution in [0.3, 0.4) is 0 Å². The Bertz CT molecular complexity index is 470. The minimum Gasteiger partial charge on any atom is -0.353 e. The number of alkyl halides is 3. The van der Waals surface area contributed by atoms with Crippen molar-refractivity contribution in [3.05, 3.63) is 18.0 Å². The van der Waals surface area contributed by atoms with E-state index in [1.807, 2.05) is 0 Å². The third-order valence-electron chi connectivity index (χ3n) is 2.85. The van der Waals surface area contributed by atoms with Crippen molar-refractivity contribution >= 4 is 30.7 Å². The van der Waals surface area contributed by atoms with E-state index < -0.39 is 18.8 Å². The molecule has 0 aromatic carbocycles. The predicted molar refractivity (Wildman–Crippen MR) is 86.1 cm³/mol. The summed E-state index contributed by atoms with van der Waals surface area (Å²) in [7, 11) is 4.73. The zero-order valence-electron chi connectivity index (χ0n) is 13.1. The lowest BCUT2D eigenvalue weighted by molar-refractivity contribution is -0.142. The molecule has 2 N–H and O–H groups in total. The number of aromatic nitrogens is 2. The summed E-state index contributed by atoms with van der Waals surface area (Å²) in [6.45, 7) is -0.737. The lowest BCUT2D eigenvalue weighted by atomic mass is 10.1. The summed E-state index contributed by atoms with van der Waals surface area (Å²) in [6, 6.07) is -0.577. The number of carbonyl (C=O) groups excluding carboxylic acids is 1. The first-order chi connectivity index (χ1) is 9.73. The van der Waals surface area contributed by atoms with Crippen molar-refractivity contribution in [3.63, 3.8) is 0 Å².